The fourth-order valence-electron chi connectivity index (χ4n) is 1.90. The molecule has 1 aromatic carbocycles. The van der Waals surface area contributed by atoms with Crippen LogP contribution in [0.2, 0.25) is 0 Å². The molecular formula is C14H16BrNS. The summed E-state index contributed by atoms with van der Waals surface area (Å²) >= 11 is 5.28. The van der Waals surface area contributed by atoms with E-state index in [2.05, 4.69) is 61.0 Å². The first kappa shape index (κ1) is 12.8. The maximum atomic E-state index is 6.36. The zero-order valence-corrected chi connectivity index (χ0v) is 12.7. The largest absolute Gasteiger partial charge is 0.320 e. The van der Waals surface area contributed by atoms with E-state index in [4.69, 9.17) is 5.73 Å². The van der Waals surface area contributed by atoms with Gasteiger partial charge in [-0.1, -0.05) is 18.2 Å². The Morgan fingerprint density at radius 3 is 2.47 bits per heavy atom. The first-order valence-corrected chi connectivity index (χ1v) is 7.19. The lowest BCUT2D eigenvalue weighted by molar-refractivity contribution is 0.878. The summed E-state index contributed by atoms with van der Waals surface area (Å²) in [6.07, 6.45) is 0. The summed E-state index contributed by atoms with van der Waals surface area (Å²) in [6, 6.07) is 8.47. The first-order chi connectivity index (χ1) is 8.00. The molecule has 2 N–H and O–H groups in total. The van der Waals surface area contributed by atoms with Crippen molar-refractivity contribution in [1.29, 1.82) is 0 Å². The van der Waals surface area contributed by atoms with E-state index in [1.807, 2.05) is 0 Å². The van der Waals surface area contributed by atoms with E-state index in [1.54, 1.807) is 11.3 Å². The Morgan fingerprint density at radius 2 is 1.88 bits per heavy atom. The van der Waals surface area contributed by atoms with E-state index in [1.165, 1.54) is 30.9 Å². The molecule has 0 spiro atoms. The van der Waals surface area contributed by atoms with Crippen molar-refractivity contribution in [2.75, 3.05) is 0 Å². The van der Waals surface area contributed by atoms with Crippen molar-refractivity contribution in [1.82, 2.24) is 0 Å². The van der Waals surface area contributed by atoms with Crippen molar-refractivity contribution in [3.63, 3.8) is 0 Å². The molecule has 1 atom stereocenters. The minimum atomic E-state index is -0.0232. The normalized spacial score (nSPS) is 12.8. The minimum absolute atomic E-state index is 0.0232. The van der Waals surface area contributed by atoms with Crippen molar-refractivity contribution < 1.29 is 0 Å². The van der Waals surface area contributed by atoms with Crippen LogP contribution in [0.15, 0.2) is 28.1 Å². The Balaban J connectivity index is 2.43. The summed E-state index contributed by atoms with van der Waals surface area (Å²) in [7, 11) is 0. The molecular weight excluding hydrogens is 294 g/mol. The Kier molecular flexibility index (Phi) is 3.71. The fourth-order valence-corrected chi connectivity index (χ4v) is 3.49. The Hall–Kier alpha value is -0.640. The van der Waals surface area contributed by atoms with Crippen LogP contribution in [0.25, 0.3) is 0 Å². The van der Waals surface area contributed by atoms with Crippen LogP contribution in [0.3, 0.4) is 0 Å². The average Bonchev–Trinajstić information content (AvgIpc) is 2.62. The Labute approximate surface area is 115 Å². The lowest BCUT2D eigenvalue weighted by atomic mass is 9.97. The van der Waals surface area contributed by atoms with E-state index in [0.29, 0.717) is 0 Å². The molecule has 0 radical (unpaired) electrons. The quantitative estimate of drug-likeness (QED) is 0.869. The monoisotopic (exact) mass is 309 g/mol. The molecule has 3 heteroatoms. The van der Waals surface area contributed by atoms with E-state index in [0.717, 1.165) is 0 Å². The van der Waals surface area contributed by atoms with Gasteiger partial charge in [0.15, 0.2) is 0 Å². The number of benzene rings is 1. The maximum Gasteiger partial charge on any atom is 0.0731 e. The van der Waals surface area contributed by atoms with Gasteiger partial charge in [-0.05, 0) is 65.0 Å². The van der Waals surface area contributed by atoms with Crippen molar-refractivity contribution in [2.24, 2.45) is 5.73 Å². The highest BCUT2D eigenvalue weighted by molar-refractivity contribution is 9.11. The van der Waals surface area contributed by atoms with Crippen LogP contribution in [0.5, 0.6) is 0 Å². The second-order valence-electron chi connectivity index (χ2n) is 4.37. The summed E-state index contributed by atoms with van der Waals surface area (Å²) in [5, 5.41) is 0. The van der Waals surface area contributed by atoms with Gasteiger partial charge in [-0.2, -0.15) is 0 Å². The highest BCUT2D eigenvalue weighted by Crippen LogP contribution is 2.34. The molecule has 2 rings (SSSR count). The molecule has 17 heavy (non-hydrogen) atoms. The summed E-state index contributed by atoms with van der Waals surface area (Å²) in [5.41, 5.74) is 11.4. The lowest BCUT2D eigenvalue weighted by Crippen LogP contribution is -2.12. The van der Waals surface area contributed by atoms with Crippen LogP contribution < -0.4 is 5.73 Å². The van der Waals surface area contributed by atoms with E-state index in [9.17, 15) is 0 Å². The number of rotatable bonds is 2. The van der Waals surface area contributed by atoms with Crippen molar-refractivity contribution >= 4 is 27.3 Å². The maximum absolute atomic E-state index is 6.36. The summed E-state index contributed by atoms with van der Waals surface area (Å²) in [6.45, 7) is 6.36. The van der Waals surface area contributed by atoms with E-state index < -0.39 is 0 Å². The number of hydrogen-bond donors (Lipinski definition) is 1. The topological polar surface area (TPSA) is 26.0 Å². The molecule has 90 valence electrons. The molecule has 0 saturated heterocycles. The van der Waals surface area contributed by atoms with Crippen LogP contribution in [-0.4, -0.2) is 0 Å². The third-order valence-corrected chi connectivity index (χ3v) is 5.38. The molecule has 1 unspecified atom stereocenters. The predicted molar refractivity (Wildman–Crippen MR) is 78.7 cm³/mol. The molecule has 0 amide bonds. The van der Waals surface area contributed by atoms with Crippen molar-refractivity contribution in [2.45, 2.75) is 26.8 Å². The van der Waals surface area contributed by atoms with Gasteiger partial charge in [0.05, 0.1) is 9.83 Å². The third kappa shape index (κ3) is 2.46. The number of nitrogens with two attached hydrogens (primary N) is 1. The van der Waals surface area contributed by atoms with Gasteiger partial charge in [-0.25, -0.2) is 0 Å². The number of halogens is 1. The van der Waals surface area contributed by atoms with Gasteiger partial charge in [-0.3, -0.25) is 0 Å². The molecule has 0 saturated carbocycles. The molecule has 1 heterocycles. The van der Waals surface area contributed by atoms with Gasteiger partial charge >= 0.3 is 0 Å². The van der Waals surface area contributed by atoms with Gasteiger partial charge in [0.25, 0.3) is 0 Å². The van der Waals surface area contributed by atoms with Crippen LogP contribution in [0.4, 0.5) is 0 Å². The molecule has 0 fully saturated rings. The molecule has 0 bridgehead atoms. The smallest absolute Gasteiger partial charge is 0.0731 e. The standard InChI is InChI=1S/C14H16BrNS/c1-8-5-4-6-11(10(8)3)13(16)12-7-9(2)14(15)17-12/h4-7,13H,16H2,1-3H3. The van der Waals surface area contributed by atoms with Gasteiger partial charge in [0.2, 0.25) is 0 Å². The predicted octanol–water partition coefficient (Wildman–Crippen LogP) is 4.48. The van der Waals surface area contributed by atoms with Crippen LogP contribution in [-0.2, 0) is 0 Å². The van der Waals surface area contributed by atoms with Crippen LogP contribution >= 0.6 is 27.3 Å². The highest BCUT2D eigenvalue weighted by atomic mass is 79.9. The first-order valence-electron chi connectivity index (χ1n) is 5.58. The molecule has 0 aliphatic carbocycles. The summed E-state index contributed by atoms with van der Waals surface area (Å²) < 4.78 is 1.17. The Bertz CT molecular complexity index is 526. The van der Waals surface area contributed by atoms with Gasteiger partial charge in [0, 0.05) is 4.88 Å². The average molecular weight is 310 g/mol. The van der Waals surface area contributed by atoms with Gasteiger partial charge in [0.1, 0.15) is 0 Å². The van der Waals surface area contributed by atoms with Crippen molar-refractivity contribution in [3.8, 4) is 0 Å². The van der Waals surface area contributed by atoms with Gasteiger partial charge < -0.3 is 5.73 Å². The van der Waals surface area contributed by atoms with E-state index >= 15 is 0 Å². The number of aryl methyl sites for hydroxylation is 2. The number of thiophene rings is 1. The molecule has 0 aliphatic heterocycles. The van der Waals surface area contributed by atoms with Crippen molar-refractivity contribution in [3.05, 3.63) is 55.2 Å². The zero-order valence-electron chi connectivity index (χ0n) is 10.3. The summed E-state index contributed by atoms with van der Waals surface area (Å²) in [4.78, 5) is 1.21. The highest BCUT2D eigenvalue weighted by Gasteiger charge is 2.15. The Morgan fingerprint density at radius 1 is 1.18 bits per heavy atom. The second kappa shape index (κ2) is 4.92. The fraction of sp³-hybridized carbons (Fsp3) is 0.286. The lowest BCUT2D eigenvalue weighted by Gasteiger charge is -2.14. The zero-order chi connectivity index (χ0) is 12.6. The summed E-state index contributed by atoms with van der Waals surface area (Å²) in [5.74, 6) is 0. The molecule has 1 nitrogen and oxygen atoms in total. The SMILES string of the molecule is Cc1cc(C(N)c2cccc(C)c2C)sc1Br. The molecule has 0 aliphatic rings. The molecule has 2 aromatic rings. The second-order valence-corrected chi connectivity index (χ2v) is 6.77. The van der Waals surface area contributed by atoms with Crippen LogP contribution in [0.1, 0.15) is 33.2 Å². The number of hydrogen-bond acceptors (Lipinski definition) is 2. The minimum Gasteiger partial charge on any atom is -0.320 e. The van der Waals surface area contributed by atoms with Gasteiger partial charge in [-0.15, -0.1) is 11.3 Å². The third-order valence-electron chi connectivity index (χ3n) is 3.16. The van der Waals surface area contributed by atoms with E-state index in [-0.39, 0.29) is 6.04 Å². The molecule has 1 aromatic heterocycles. The van der Waals surface area contributed by atoms with Crippen LogP contribution in [0, 0.1) is 20.8 Å².